The maximum Gasteiger partial charge on any atom is 0.261 e. The molecule has 0 aromatic heterocycles. The Morgan fingerprint density at radius 3 is 2.10 bits per heavy atom. The quantitative estimate of drug-likeness (QED) is 0.712. The van der Waals surface area contributed by atoms with Gasteiger partial charge < -0.3 is 5.73 Å². The molecule has 0 atom stereocenters. The van der Waals surface area contributed by atoms with Gasteiger partial charge in [-0.15, -0.1) is 0 Å². The third-order valence-electron chi connectivity index (χ3n) is 2.58. The standard InChI is InChI=1S/C12H13N3O4S2/c13-9-3-1-6-12(7-9)21(18,19)15-10-4-2-5-11(8-10)20(14,16)17/h1-8,15H,13H2,(H2,14,16,17). The molecule has 0 fully saturated rings. The van der Waals surface area contributed by atoms with Crippen molar-refractivity contribution in [3.63, 3.8) is 0 Å². The highest BCUT2D eigenvalue weighted by Gasteiger charge is 2.15. The fourth-order valence-corrected chi connectivity index (χ4v) is 3.30. The van der Waals surface area contributed by atoms with Crippen LogP contribution in [0.5, 0.6) is 0 Å². The van der Waals surface area contributed by atoms with E-state index in [0.29, 0.717) is 5.69 Å². The second-order valence-electron chi connectivity index (χ2n) is 4.25. The lowest BCUT2D eigenvalue weighted by Crippen LogP contribution is -2.15. The maximum atomic E-state index is 12.2. The van der Waals surface area contributed by atoms with Gasteiger partial charge in [-0.25, -0.2) is 22.0 Å². The Morgan fingerprint density at radius 2 is 1.48 bits per heavy atom. The van der Waals surface area contributed by atoms with E-state index in [1.165, 1.54) is 36.4 Å². The minimum absolute atomic E-state index is 0.0245. The number of benzene rings is 2. The van der Waals surface area contributed by atoms with E-state index in [0.717, 1.165) is 6.07 Å². The van der Waals surface area contributed by atoms with Gasteiger partial charge in [-0.05, 0) is 36.4 Å². The molecular weight excluding hydrogens is 314 g/mol. The summed E-state index contributed by atoms with van der Waals surface area (Å²) >= 11 is 0. The lowest BCUT2D eigenvalue weighted by molar-refractivity contribution is 0.596. The number of hydrogen-bond donors (Lipinski definition) is 3. The molecule has 9 heteroatoms. The molecule has 0 bridgehead atoms. The zero-order valence-electron chi connectivity index (χ0n) is 10.7. The van der Waals surface area contributed by atoms with Crippen LogP contribution in [-0.2, 0) is 20.0 Å². The fourth-order valence-electron chi connectivity index (χ4n) is 1.63. The molecule has 2 aromatic rings. The summed E-state index contributed by atoms with van der Waals surface area (Å²) in [6.45, 7) is 0. The molecule has 7 nitrogen and oxygen atoms in total. The molecule has 0 amide bonds. The van der Waals surface area contributed by atoms with Gasteiger partial charge in [0.2, 0.25) is 10.0 Å². The molecule has 0 saturated heterocycles. The zero-order chi connectivity index (χ0) is 15.7. The van der Waals surface area contributed by atoms with E-state index in [4.69, 9.17) is 10.9 Å². The highest BCUT2D eigenvalue weighted by molar-refractivity contribution is 7.92. The molecule has 21 heavy (non-hydrogen) atoms. The van der Waals surface area contributed by atoms with E-state index in [1.54, 1.807) is 6.07 Å². The third kappa shape index (κ3) is 3.72. The van der Waals surface area contributed by atoms with Gasteiger partial charge in [0, 0.05) is 5.69 Å². The molecule has 0 aliphatic carbocycles. The van der Waals surface area contributed by atoms with Crippen molar-refractivity contribution in [3.8, 4) is 0 Å². The van der Waals surface area contributed by atoms with E-state index in [1.807, 2.05) is 0 Å². The Balaban J connectivity index is 2.38. The number of nitrogens with two attached hydrogens (primary N) is 2. The van der Waals surface area contributed by atoms with Crippen molar-refractivity contribution in [3.05, 3.63) is 48.5 Å². The van der Waals surface area contributed by atoms with Crippen molar-refractivity contribution in [1.29, 1.82) is 0 Å². The van der Waals surface area contributed by atoms with Crippen LogP contribution in [0.2, 0.25) is 0 Å². The highest BCUT2D eigenvalue weighted by atomic mass is 32.2. The summed E-state index contributed by atoms with van der Waals surface area (Å²) in [7, 11) is -7.77. The molecule has 0 aliphatic heterocycles. The van der Waals surface area contributed by atoms with Gasteiger partial charge in [-0.1, -0.05) is 12.1 Å². The molecule has 112 valence electrons. The Morgan fingerprint density at radius 1 is 0.857 bits per heavy atom. The van der Waals surface area contributed by atoms with Crippen molar-refractivity contribution in [2.45, 2.75) is 9.79 Å². The third-order valence-corrected chi connectivity index (χ3v) is 4.87. The van der Waals surface area contributed by atoms with Crippen LogP contribution in [0.4, 0.5) is 11.4 Å². The van der Waals surface area contributed by atoms with Gasteiger partial charge in [0.1, 0.15) is 0 Å². The number of nitrogen functional groups attached to an aromatic ring is 1. The van der Waals surface area contributed by atoms with Gasteiger partial charge in [-0.2, -0.15) is 0 Å². The number of primary sulfonamides is 1. The number of anilines is 2. The monoisotopic (exact) mass is 327 g/mol. The fraction of sp³-hybridized carbons (Fsp3) is 0. The van der Waals surface area contributed by atoms with Crippen molar-refractivity contribution in [2.24, 2.45) is 5.14 Å². The first-order chi connectivity index (χ1) is 9.68. The van der Waals surface area contributed by atoms with Crippen LogP contribution >= 0.6 is 0 Å². The predicted octanol–water partition coefficient (Wildman–Crippen LogP) is 0.717. The van der Waals surface area contributed by atoms with E-state index in [9.17, 15) is 16.8 Å². The average Bonchev–Trinajstić information content (AvgIpc) is 2.37. The minimum Gasteiger partial charge on any atom is -0.399 e. The van der Waals surface area contributed by atoms with Crippen molar-refractivity contribution >= 4 is 31.4 Å². The van der Waals surface area contributed by atoms with Crippen molar-refractivity contribution < 1.29 is 16.8 Å². The number of hydrogen-bond acceptors (Lipinski definition) is 5. The minimum atomic E-state index is -3.91. The topological polar surface area (TPSA) is 132 Å². The van der Waals surface area contributed by atoms with Crippen molar-refractivity contribution in [1.82, 2.24) is 0 Å². The molecule has 0 radical (unpaired) electrons. The molecule has 0 spiro atoms. The summed E-state index contributed by atoms with van der Waals surface area (Å²) in [6.07, 6.45) is 0. The molecule has 0 heterocycles. The van der Waals surface area contributed by atoms with E-state index >= 15 is 0 Å². The molecule has 5 N–H and O–H groups in total. The first kappa shape index (κ1) is 15.3. The number of rotatable bonds is 4. The van der Waals surface area contributed by atoms with Gasteiger partial charge in [0.15, 0.2) is 0 Å². The maximum absolute atomic E-state index is 12.2. The molecule has 2 rings (SSSR count). The Kier molecular flexibility index (Phi) is 3.90. The van der Waals surface area contributed by atoms with E-state index in [2.05, 4.69) is 4.72 Å². The second kappa shape index (κ2) is 5.35. The van der Waals surface area contributed by atoms with E-state index in [-0.39, 0.29) is 15.5 Å². The predicted molar refractivity (Wildman–Crippen MR) is 79.5 cm³/mol. The summed E-state index contributed by atoms with van der Waals surface area (Å²) in [5, 5.41) is 5.00. The Hall–Kier alpha value is -2.10. The molecular formula is C12H13N3O4S2. The SMILES string of the molecule is Nc1cccc(S(=O)(=O)Nc2cccc(S(N)(=O)=O)c2)c1. The lowest BCUT2D eigenvalue weighted by Gasteiger charge is -2.09. The van der Waals surface area contributed by atoms with E-state index < -0.39 is 20.0 Å². The average molecular weight is 327 g/mol. The van der Waals surface area contributed by atoms with Crippen LogP contribution in [0.15, 0.2) is 58.3 Å². The second-order valence-corrected chi connectivity index (χ2v) is 7.49. The summed E-state index contributed by atoms with van der Waals surface area (Å²) in [6, 6.07) is 10.9. The van der Waals surface area contributed by atoms with Crippen LogP contribution in [0.25, 0.3) is 0 Å². The van der Waals surface area contributed by atoms with Gasteiger partial charge in [-0.3, -0.25) is 4.72 Å². The van der Waals surface area contributed by atoms with Crippen LogP contribution < -0.4 is 15.6 Å². The van der Waals surface area contributed by atoms with Gasteiger partial charge in [0.05, 0.1) is 15.5 Å². The zero-order valence-corrected chi connectivity index (χ0v) is 12.4. The van der Waals surface area contributed by atoms with Crippen LogP contribution in [0, 0.1) is 0 Å². The summed E-state index contributed by atoms with van der Waals surface area (Å²) in [5.74, 6) is 0. The molecule has 0 aliphatic rings. The summed E-state index contributed by atoms with van der Waals surface area (Å²) < 4.78 is 49.1. The summed E-state index contributed by atoms with van der Waals surface area (Å²) in [5.41, 5.74) is 5.93. The molecule has 0 saturated carbocycles. The van der Waals surface area contributed by atoms with Crippen LogP contribution in [-0.4, -0.2) is 16.8 Å². The number of nitrogens with one attached hydrogen (secondary N) is 1. The smallest absolute Gasteiger partial charge is 0.261 e. The largest absolute Gasteiger partial charge is 0.399 e. The molecule has 0 unspecified atom stereocenters. The lowest BCUT2D eigenvalue weighted by atomic mass is 10.3. The van der Waals surface area contributed by atoms with Crippen LogP contribution in [0.1, 0.15) is 0 Å². The van der Waals surface area contributed by atoms with Crippen molar-refractivity contribution in [2.75, 3.05) is 10.5 Å². The Bertz CT molecular complexity index is 877. The summed E-state index contributed by atoms with van der Waals surface area (Å²) in [4.78, 5) is -0.209. The molecule has 2 aromatic carbocycles. The Labute approximate surface area is 122 Å². The highest BCUT2D eigenvalue weighted by Crippen LogP contribution is 2.20. The van der Waals surface area contributed by atoms with Gasteiger partial charge in [0.25, 0.3) is 10.0 Å². The normalized spacial score (nSPS) is 12.0. The first-order valence-electron chi connectivity index (χ1n) is 5.70. The number of sulfonamides is 2. The van der Waals surface area contributed by atoms with Gasteiger partial charge >= 0.3 is 0 Å². The van der Waals surface area contributed by atoms with Crippen LogP contribution in [0.3, 0.4) is 0 Å². The first-order valence-corrected chi connectivity index (χ1v) is 8.73.